The van der Waals surface area contributed by atoms with E-state index in [1.807, 2.05) is 0 Å². The number of nitrogens with zero attached hydrogens (tertiary/aromatic N) is 1. The van der Waals surface area contributed by atoms with Crippen molar-refractivity contribution in [3.63, 3.8) is 0 Å². The van der Waals surface area contributed by atoms with Crippen LogP contribution in [0.5, 0.6) is 0 Å². The van der Waals surface area contributed by atoms with E-state index in [4.69, 9.17) is 0 Å². The molecule has 0 aliphatic carbocycles. The molecule has 17 heavy (non-hydrogen) atoms. The molecule has 2 aliphatic rings. The Balaban J connectivity index is 1.93. The lowest BCUT2D eigenvalue weighted by Crippen LogP contribution is -2.44. The quantitative estimate of drug-likeness (QED) is 0.810. The van der Waals surface area contributed by atoms with Crippen molar-refractivity contribution >= 4 is 0 Å². The maximum Gasteiger partial charge on any atom is 0.00392 e. The predicted molar refractivity (Wildman–Crippen MR) is 74.2 cm³/mol. The van der Waals surface area contributed by atoms with Crippen LogP contribution in [0.4, 0.5) is 0 Å². The lowest BCUT2D eigenvalue weighted by molar-refractivity contribution is 0.112. The van der Waals surface area contributed by atoms with Crippen molar-refractivity contribution in [1.82, 2.24) is 10.2 Å². The molecule has 2 heteroatoms. The van der Waals surface area contributed by atoms with Gasteiger partial charge in [0, 0.05) is 19.6 Å². The second kappa shape index (κ2) is 5.71. The Kier molecular flexibility index (Phi) is 4.48. The van der Waals surface area contributed by atoms with Crippen molar-refractivity contribution in [3.8, 4) is 0 Å². The molecular weight excluding hydrogens is 208 g/mol. The average Bonchev–Trinajstić information content (AvgIpc) is 2.59. The molecular formula is C15H30N2. The van der Waals surface area contributed by atoms with Crippen LogP contribution in [-0.2, 0) is 0 Å². The van der Waals surface area contributed by atoms with E-state index in [1.54, 1.807) is 0 Å². The predicted octanol–water partition coefficient (Wildman–Crippen LogP) is 2.74. The maximum atomic E-state index is 3.52. The zero-order valence-electron chi connectivity index (χ0n) is 12.0. The molecule has 2 nitrogen and oxygen atoms in total. The molecule has 1 N–H and O–H groups in total. The van der Waals surface area contributed by atoms with Gasteiger partial charge in [-0.05, 0) is 49.6 Å². The minimum atomic E-state index is 0.629. The number of hydrogen-bond acceptors (Lipinski definition) is 2. The Labute approximate surface area is 107 Å². The first-order valence-electron chi connectivity index (χ1n) is 7.58. The van der Waals surface area contributed by atoms with Crippen molar-refractivity contribution in [2.24, 2.45) is 17.3 Å². The van der Waals surface area contributed by atoms with Gasteiger partial charge >= 0.3 is 0 Å². The Morgan fingerprint density at radius 1 is 1.12 bits per heavy atom. The molecule has 0 amide bonds. The summed E-state index contributed by atoms with van der Waals surface area (Å²) >= 11 is 0. The van der Waals surface area contributed by atoms with Crippen molar-refractivity contribution in [2.45, 2.75) is 46.5 Å². The van der Waals surface area contributed by atoms with Crippen molar-refractivity contribution in [2.75, 3.05) is 32.7 Å². The first kappa shape index (κ1) is 13.4. The zero-order valence-corrected chi connectivity index (χ0v) is 12.0. The van der Waals surface area contributed by atoms with E-state index in [-0.39, 0.29) is 0 Å². The van der Waals surface area contributed by atoms with Gasteiger partial charge < -0.3 is 10.2 Å². The van der Waals surface area contributed by atoms with Gasteiger partial charge in [-0.2, -0.15) is 0 Å². The minimum absolute atomic E-state index is 0.629. The molecule has 2 rings (SSSR count). The number of piperidine rings is 1. The molecule has 2 aliphatic heterocycles. The van der Waals surface area contributed by atoms with E-state index in [2.05, 4.69) is 31.0 Å². The summed E-state index contributed by atoms with van der Waals surface area (Å²) in [7, 11) is 0. The number of hydrogen-bond donors (Lipinski definition) is 1. The summed E-state index contributed by atoms with van der Waals surface area (Å²) in [5.74, 6) is 1.80. The lowest BCUT2D eigenvalue weighted by atomic mass is 9.75. The van der Waals surface area contributed by atoms with Crippen LogP contribution in [0.1, 0.15) is 46.5 Å². The lowest BCUT2D eigenvalue weighted by Gasteiger charge is -2.40. The van der Waals surface area contributed by atoms with E-state index in [9.17, 15) is 0 Å². The molecule has 2 fully saturated rings. The van der Waals surface area contributed by atoms with Gasteiger partial charge in [0.1, 0.15) is 0 Å². The fourth-order valence-corrected chi connectivity index (χ4v) is 3.83. The van der Waals surface area contributed by atoms with Gasteiger partial charge in [-0.15, -0.1) is 0 Å². The monoisotopic (exact) mass is 238 g/mol. The fraction of sp³-hybridized carbons (Fsp3) is 1.00. The first-order chi connectivity index (χ1) is 8.15. The van der Waals surface area contributed by atoms with Crippen LogP contribution in [-0.4, -0.2) is 37.6 Å². The summed E-state index contributed by atoms with van der Waals surface area (Å²) in [5.41, 5.74) is 0.629. The number of likely N-dealkylation sites (tertiary alicyclic amines) is 1. The average molecular weight is 238 g/mol. The van der Waals surface area contributed by atoms with Crippen molar-refractivity contribution in [3.05, 3.63) is 0 Å². The summed E-state index contributed by atoms with van der Waals surface area (Å²) in [6, 6.07) is 0. The highest BCUT2D eigenvalue weighted by atomic mass is 15.2. The SMILES string of the molecule is CCCC1(CN2CC(C)C(C)C2)CCNCC1. The second-order valence-corrected chi connectivity index (χ2v) is 6.65. The smallest absolute Gasteiger partial charge is 0.00392 e. The summed E-state index contributed by atoms with van der Waals surface area (Å²) in [4.78, 5) is 2.75. The van der Waals surface area contributed by atoms with E-state index in [0.29, 0.717) is 5.41 Å². The van der Waals surface area contributed by atoms with Crippen LogP contribution < -0.4 is 5.32 Å². The van der Waals surface area contributed by atoms with Crippen LogP contribution >= 0.6 is 0 Å². The molecule has 0 bridgehead atoms. The third-order valence-electron chi connectivity index (χ3n) is 5.07. The molecule has 0 aromatic carbocycles. The third-order valence-corrected chi connectivity index (χ3v) is 5.07. The molecule has 2 unspecified atom stereocenters. The van der Waals surface area contributed by atoms with Crippen LogP contribution in [0.2, 0.25) is 0 Å². The second-order valence-electron chi connectivity index (χ2n) is 6.65. The molecule has 2 atom stereocenters. The van der Waals surface area contributed by atoms with Gasteiger partial charge in [0.15, 0.2) is 0 Å². The highest BCUT2D eigenvalue weighted by molar-refractivity contribution is 4.90. The third kappa shape index (κ3) is 3.23. The summed E-state index contributed by atoms with van der Waals surface area (Å²) in [5, 5.41) is 3.52. The van der Waals surface area contributed by atoms with E-state index < -0.39 is 0 Å². The Morgan fingerprint density at radius 2 is 1.71 bits per heavy atom. The highest BCUT2D eigenvalue weighted by Crippen LogP contribution is 2.36. The van der Waals surface area contributed by atoms with Gasteiger partial charge in [0.05, 0.1) is 0 Å². The van der Waals surface area contributed by atoms with Gasteiger partial charge in [-0.1, -0.05) is 27.2 Å². The highest BCUT2D eigenvalue weighted by Gasteiger charge is 2.36. The standard InChI is InChI=1S/C15H30N2/c1-4-5-15(6-8-16-9-7-15)12-17-10-13(2)14(3)11-17/h13-14,16H,4-12H2,1-3H3. The molecule has 0 radical (unpaired) electrons. The summed E-state index contributed by atoms with van der Waals surface area (Å²) in [6.45, 7) is 13.7. The van der Waals surface area contributed by atoms with E-state index >= 15 is 0 Å². The first-order valence-corrected chi connectivity index (χ1v) is 7.58. The van der Waals surface area contributed by atoms with Crippen LogP contribution in [0.15, 0.2) is 0 Å². The molecule has 2 heterocycles. The van der Waals surface area contributed by atoms with Crippen molar-refractivity contribution < 1.29 is 0 Å². The molecule has 2 saturated heterocycles. The largest absolute Gasteiger partial charge is 0.317 e. The maximum absolute atomic E-state index is 3.52. The van der Waals surface area contributed by atoms with Gasteiger partial charge in [-0.25, -0.2) is 0 Å². The summed E-state index contributed by atoms with van der Waals surface area (Å²) in [6.07, 6.45) is 5.55. The minimum Gasteiger partial charge on any atom is -0.317 e. The number of nitrogens with one attached hydrogen (secondary N) is 1. The van der Waals surface area contributed by atoms with Crippen LogP contribution in [0.25, 0.3) is 0 Å². The fourth-order valence-electron chi connectivity index (χ4n) is 3.83. The van der Waals surface area contributed by atoms with E-state index in [1.165, 1.54) is 58.4 Å². The topological polar surface area (TPSA) is 15.3 Å². The van der Waals surface area contributed by atoms with Gasteiger partial charge in [0.2, 0.25) is 0 Å². The Morgan fingerprint density at radius 3 is 2.24 bits per heavy atom. The summed E-state index contributed by atoms with van der Waals surface area (Å²) < 4.78 is 0. The van der Waals surface area contributed by atoms with Crippen LogP contribution in [0, 0.1) is 17.3 Å². The van der Waals surface area contributed by atoms with Crippen LogP contribution in [0.3, 0.4) is 0 Å². The normalized spacial score (nSPS) is 34.1. The molecule has 0 spiro atoms. The van der Waals surface area contributed by atoms with Gasteiger partial charge in [-0.3, -0.25) is 0 Å². The Bertz CT molecular complexity index is 218. The molecule has 0 saturated carbocycles. The number of rotatable bonds is 4. The van der Waals surface area contributed by atoms with Gasteiger partial charge in [0.25, 0.3) is 0 Å². The molecule has 0 aromatic rings. The Hall–Kier alpha value is -0.0800. The molecule has 0 aromatic heterocycles. The van der Waals surface area contributed by atoms with Crippen molar-refractivity contribution in [1.29, 1.82) is 0 Å². The molecule has 100 valence electrons. The van der Waals surface area contributed by atoms with E-state index in [0.717, 1.165) is 11.8 Å². The zero-order chi connectivity index (χ0) is 12.3.